The molecule has 1 aromatic carbocycles. The van der Waals surface area contributed by atoms with Crippen LogP contribution >= 0.6 is 0 Å². The van der Waals surface area contributed by atoms with E-state index >= 15 is 0 Å². The summed E-state index contributed by atoms with van der Waals surface area (Å²) in [6, 6.07) is 6.15. The maximum atomic E-state index is 12.6. The van der Waals surface area contributed by atoms with Crippen molar-refractivity contribution in [2.75, 3.05) is 39.3 Å². The molecular formula is C20H32N4O4S. The fourth-order valence-electron chi connectivity index (χ4n) is 3.56. The molecule has 1 fully saturated rings. The van der Waals surface area contributed by atoms with Crippen molar-refractivity contribution < 1.29 is 18.0 Å². The molecule has 3 N–H and O–H groups in total. The van der Waals surface area contributed by atoms with E-state index in [1.807, 2.05) is 0 Å². The molecule has 2 amide bonds. The third-order valence-electron chi connectivity index (χ3n) is 5.37. The Bertz CT molecular complexity index is 800. The Labute approximate surface area is 173 Å². The molecule has 1 aliphatic heterocycles. The predicted molar refractivity (Wildman–Crippen MR) is 112 cm³/mol. The molecule has 2 rings (SSSR count). The van der Waals surface area contributed by atoms with E-state index in [9.17, 15) is 18.0 Å². The number of likely N-dealkylation sites (tertiary alicyclic amines) is 1. The van der Waals surface area contributed by atoms with E-state index in [1.54, 1.807) is 26.0 Å². The van der Waals surface area contributed by atoms with Crippen LogP contribution in [0.3, 0.4) is 0 Å². The molecule has 0 radical (unpaired) electrons. The quantitative estimate of drug-likeness (QED) is 0.545. The number of sulfonamides is 1. The van der Waals surface area contributed by atoms with Crippen molar-refractivity contribution in [3.8, 4) is 0 Å². The van der Waals surface area contributed by atoms with Crippen molar-refractivity contribution in [1.29, 1.82) is 0 Å². The topological polar surface area (TPSA) is 113 Å². The van der Waals surface area contributed by atoms with Gasteiger partial charge >= 0.3 is 0 Å². The number of amides is 2. The summed E-state index contributed by atoms with van der Waals surface area (Å²) in [5, 5.41) is 2.85. The Morgan fingerprint density at radius 2 is 1.86 bits per heavy atom. The first-order valence-corrected chi connectivity index (χ1v) is 11.6. The van der Waals surface area contributed by atoms with Crippen LogP contribution in [0, 0.1) is 5.92 Å². The lowest BCUT2D eigenvalue weighted by Gasteiger charge is -2.30. The highest BCUT2D eigenvalue weighted by molar-refractivity contribution is 7.89. The molecule has 0 atom stereocenters. The van der Waals surface area contributed by atoms with Crippen molar-refractivity contribution in [2.24, 2.45) is 11.7 Å². The van der Waals surface area contributed by atoms with E-state index in [0.29, 0.717) is 25.2 Å². The normalized spacial score (nSPS) is 16.1. The van der Waals surface area contributed by atoms with Crippen LogP contribution in [0.1, 0.15) is 43.5 Å². The number of carbonyl (C=O) groups excluding carboxylic acids is 2. The average molecular weight is 425 g/mol. The average Bonchev–Trinajstić information content (AvgIpc) is 2.72. The second-order valence-corrected chi connectivity index (χ2v) is 9.18. The zero-order valence-electron chi connectivity index (χ0n) is 17.3. The molecule has 1 heterocycles. The van der Waals surface area contributed by atoms with E-state index < -0.39 is 10.0 Å². The van der Waals surface area contributed by atoms with Gasteiger partial charge in [-0.15, -0.1) is 0 Å². The fourth-order valence-corrected chi connectivity index (χ4v) is 5.06. The van der Waals surface area contributed by atoms with Crippen LogP contribution < -0.4 is 11.1 Å². The maximum absolute atomic E-state index is 12.6. The van der Waals surface area contributed by atoms with Crippen molar-refractivity contribution in [1.82, 2.24) is 14.5 Å². The van der Waals surface area contributed by atoms with Gasteiger partial charge in [-0.1, -0.05) is 19.9 Å². The summed E-state index contributed by atoms with van der Waals surface area (Å²) in [4.78, 5) is 26.0. The molecule has 162 valence electrons. The Morgan fingerprint density at radius 3 is 2.45 bits per heavy atom. The summed E-state index contributed by atoms with van der Waals surface area (Å²) >= 11 is 0. The Hall–Kier alpha value is -1.97. The molecule has 0 aromatic heterocycles. The summed E-state index contributed by atoms with van der Waals surface area (Å²) in [5.74, 6) is -0.526. The number of benzene rings is 1. The number of carbonyl (C=O) groups is 2. The van der Waals surface area contributed by atoms with E-state index in [2.05, 4.69) is 10.2 Å². The minimum absolute atomic E-state index is 0.0224. The van der Waals surface area contributed by atoms with E-state index in [0.717, 1.165) is 38.9 Å². The summed E-state index contributed by atoms with van der Waals surface area (Å²) in [6.07, 6.45) is 2.36. The smallest absolute Gasteiger partial charge is 0.251 e. The van der Waals surface area contributed by atoms with Crippen LogP contribution in [0.4, 0.5) is 0 Å². The first-order chi connectivity index (χ1) is 13.8. The second kappa shape index (κ2) is 10.7. The van der Waals surface area contributed by atoms with E-state index in [1.165, 1.54) is 16.4 Å². The summed E-state index contributed by atoms with van der Waals surface area (Å²) in [7, 11) is -3.59. The van der Waals surface area contributed by atoms with Crippen LogP contribution in [-0.4, -0.2) is 68.7 Å². The van der Waals surface area contributed by atoms with Crippen molar-refractivity contribution in [3.05, 3.63) is 29.8 Å². The zero-order chi connectivity index (χ0) is 21.4. The maximum Gasteiger partial charge on any atom is 0.251 e. The number of nitrogens with zero attached hydrogens (tertiary/aromatic N) is 2. The number of primary amides is 1. The van der Waals surface area contributed by atoms with Gasteiger partial charge in [0.05, 0.1) is 4.90 Å². The van der Waals surface area contributed by atoms with Gasteiger partial charge in [0.25, 0.3) is 5.91 Å². The van der Waals surface area contributed by atoms with Crippen molar-refractivity contribution in [3.63, 3.8) is 0 Å². The summed E-state index contributed by atoms with van der Waals surface area (Å²) < 4.78 is 26.6. The monoisotopic (exact) mass is 424 g/mol. The fraction of sp³-hybridized carbons (Fsp3) is 0.600. The summed E-state index contributed by atoms with van der Waals surface area (Å²) in [5.41, 5.74) is 5.68. The highest BCUT2D eigenvalue weighted by Gasteiger charge is 2.23. The molecule has 0 spiro atoms. The van der Waals surface area contributed by atoms with Gasteiger partial charge in [0.15, 0.2) is 0 Å². The molecule has 1 aromatic rings. The molecule has 29 heavy (non-hydrogen) atoms. The van der Waals surface area contributed by atoms with Gasteiger partial charge < -0.3 is 16.0 Å². The number of hydrogen-bond donors (Lipinski definition) is 2. The zero-order valence-corrected chi connectivity index (χ0v) is 18.1. The van der Waals surface area contributed by atoms with Crippen LogP contribution in [0.25, 0.3) is 0 Å². The lowest BCUT2D eigenvalue weighted by molar-refractivity contribution is -0.123. The molecule has 0 bridgehead atoms. The molecule has 1 aliphatic rings. The van der Waals surface area contributed by atoms with Gasteiger partial charge in [-0.3, -0.25) is 9.59 Å². The van der Waals surface area contributed by atoms with Gasteiger partial charge in [-0.2, -0.15) is 4.31 Å². The molecule has 1 saturated heterocycles. The van der Waals surface area contributed by atoms with Gasteiger partial charge in [0.2, 0.25) is 15.9 Å². The van der Waals surface area contributed by atoms with E-state index in [4.69, 9.17) is 5.73 Å². The molecule has 0 saturated carbocycles. The third-order valence-corrected chi connectivity index (χ3v) is 7.41. The van der Waals surface area contributed by atoms with Crippen LogP contribution in [0.5, 0.6) is 0 Å². The highest BCUT2D eigenvalue weighted by Crippen LogP contribution is 2.18. The van der Waals surface area contributed by atoms with Crippen LogP contribution in [0.2, 0.25) is 0 Å². The van der Waals surface area contributed by atoms with Crippen LogP contribution in [-0.2, 0) is 14.8 Å². The number of piperidine rings is 1. The first-order valence-electron chi connectivity index (χ1n) is 10.2. The minimum Gasteiger partial charge on any atom is -0.369 e. The highest BCUT2D eigenvalue weighted by atomic mass is 32.2. The molecule has 9 heteroatoms. The third kappa shape index (κ3) is 6.25. The largest absolute Gasteiger partial charge is 0.369 e. The minimum atomic E-state index is -3.59. The lowest BCUT2D eigenvalue weighted by Crippen LogP contribution is -2.39. The van der Waals surface area contributed by atoms with Gasteiger partial charge in [0, 0.05) is 31.1 Å². The molecule has 0 aliphatic carbocycles. The van der Waals surface area contributed by atoms with Crippen molar-refractivity contribution >= 4 is 21.8 Å². The molecule has 8 nitrogen and oxygen atoms in total. The Kier molecular flexibility index (Phi) is 8.60. The predicted octanol–water partition coefficient (Wildman–Crippen LogP) is 1.03. The second-order valence-electron chi connectivity index (χ2n) is 7.24. The lowest BCUT2D eigenvalue weighted by atomic mass is 9.96. The number of nitrogens with two attached hydrogens (primary N) is 1. The summed E-state index contributed by atoms with van der Waals surface area (Å²) in [6.45, 7) is 7.35. The number of hydrogen-bond acceptors (Lipinski definition) is 5. The van der Waals surface area contributed by atoms with Crippen molar-refractivity contribution in [2.45, 2.75) is 38.0 Å². The van der Waals surface area contributed by atoms with E-state index in [-0.39, 0.29) is 22.6 Å². The number of rotatable bonds is 10. The Balaban J connectivity index is 1.83. The van der Waals surface area contributed by atoms with Gasteiger partial charge in [0.1, 0.15) is 0 Å². The Morgan fingerprint density at radius 1 is 1.21 bits per heavy atom. The van der Waals surface area contributed by atoms with Gasteiger partial charge in [-0.25, -0.2) is 8.42 Å². The molecular weight excluding hydrogens is 392 g/mol. The SMILES string of the molecule is CCN(CC)S(=O)(=O)c1cccc(C(=O)NCCCN2CCC(C(N)=O)CC2)c1. The first kappa shape index (κ1) is 23.3. The van der Waals surface area contributed by atoms with Crippen LogP contribution in [0.15, 0.2) is 29.2 Å². The number of nitrogens with one attached hydrogen (secondary N) is 1. The van der Waals surface area contributed by atoms with Gasteiger partial charge in [-0.05, 0) is 57.1 Å². The standard InChI is InChI=1S/C20H32N4O4S/c1-3-24(4-2)29(27,28)18-8-5-7-17(15-18)20(26)22-11-6-12-23-13-9-16(10-14-23)19(21)25/h5,7-8,15-16H,3-4,6,9-14H2,1-2H3,(H2,21,25)(H,22,26). The molecule has 0 unspecified atom stereocenters.